The Bertz CT molecular complexity index is 742. The number of nitrogens with two attached hydrogens (primary N) is 2. The molecule has 10 heteroatoms. The van der Waals surface area contributed by atoms with Gasteiger partial charge in [0.1, 0.15) is 30.2 Å². The molecule has 0 amide bonds. The molecule has 0 aliphatic carbocycles. The number of imidazole rings is 1. The van der Waals surface area contributed by atoms with Crippen molar-refractivity contribution in [3.05, 3.63) is 12.7 Å². The third-order valence-electron chi connectivity index (χ3n) is 4.96. The quantitative estimate of drug-likeness (QED) is 0.533. The second-order valence-corrected chi connectivity index (χ2v) is 6.84. The third kappa shape index (κ3) is 4.41. The van der Waals surface area contributed by atoms with Crippen molar-refractivity contribution in [2.75, 3.05) is 39.7 Å². The van der Waals surface area contributed by atoms with Crippen LogP contribution >= 0.6 is 0 Å². The van der Waals surface area contributed by atoms with Crippen molar-refractivity contribution in [1.29, 1.82) is 0 Å². The fourth-order valence-corrected chi connectivity index (χ4v) is 3.57. The average Bonchev–Trinajstić information content (AvgIpc) is 3.27. The summed E-state index contributed by atoms with van der Waals surface area (Å²) >= 11 is 0. The fourth-order valence-electron chi connectivity index (χ4n) is 3.57. The first-order chi connectivity index (χ1) is 13.7. The number of methoxy groups -OCH3 is 2. The SMILES string of the molecule is COC[C@H]1O[C@@H](n2cnc3c(N)ncnc32)[C@@H](OCCCCCCN)C1OC. The minimum absolute atomic E-state index is 0.265. The topological polar surface area (TPSA) is 133 Å². The predicted octanol–water partition coefficient (Wildman–Crippen LogP) is 0.872. The second-order valence-electron chi connectivity index (χ2n) is 6.84. The van der Waals surface area contributed by atoms with Crippen LogP contribution in [0.4, 0.5) is 5.82 Å². The molecule has 1 aliphatic rings. The van der Waals surface area contributed by atoms with E-state index < -0.39 is 6.23 Å². The van der Waals surface area contributed by atoms with E-state index in [9.17, 15) is 0 Å². The Kier molecular flexibility index (Phi) is 7.51. The molecule has 1 aliphatic heterocycles. The molecule has 10 nitrogen and oxygen atoms in total. The lowest BCUT2D eigenvalue weighted by Crippen LogP contribution is -2.37. The number of anilines is 1. The van der Waals surface area contributed by atoms with Gasteiger partial charge in [0.05, 0.1) is 12.9 Å². The van der Waals surface area contributed by atoms with Crippen LogP contribution in [0.3, 0.4) is 0 Å². The molecule has 3 rings (SSSR count). The number of unbranched alkanes of at least 4 members (excludes halogenated alkanes) is 3. The van der Waals surface area contributed by atoms with E-state index in [2.05, 4.69) is 15.0 Å². The fraction of sp³-hybridized carbons (Fsp3) is 0.722. The van der Waals surface area contributed by atoms with Crippen molar-refractivity contribution in [3.63, 3.8) is 0 Å². The molecule has 1 fully saturated rings. The molecule has 4 N–H and O–H groups in total. The molecule has 0 saturated carbocycles. The highest BCUT2D eigenvalue weighted by Gasteiger charge is 2.47. The standard InChI is InChI=1S/C18H30N6O4/c1-25-9-12-14(26-2)15(27-8-6-4-3-5-7-19)18(28-12)24-11-23-13-16(20)21-10-22-17(13)24/h10-12,14-15,18H,3-9,19H2,1-2H3,(H2,20,21,22)/t12-,14?,15+,18-/m1/s1. The Morgan fingerprint density at radius 2 is 1.93 bits per heavy atom. The van der Waals surface area contributed by atoms with Crippen molar-refractivity contribution in [1.82, 2.24) is 19.5 Å². The molecule has 3 heterocycles. The number of aromatic nitrogens is 4. The van der Waals surface area contributed by atoms with E-state index in [0.717, 1.165) is 32.2 Å². The lowest BCUT2D eigenvalue weighted by atomic mass is 10.1. The number of rotatable bonds is 11. The zero-order chi connectivity index (χ0) is 19.9. The van der Waals surface area contributed by atoms with Crippen LogP contribution in [-0.4, -0.2) is 71.8 Å². The number of hydrogen-bond acceptors (Lipinski definition) is 9. The van der Waals surface area contributed by atoms with Crippen LogP contribution in [-0.2, 0) is 18.9 Å². The Balaban J connectivity index is 1.78. The van der Waals surface area contributed by atoms with Crippen LogP contribution in [0.2, 0.25) is 0 Å². The maximum Gasteiger partial charge on any atom is 0.167 e. The maximum absolute atomic E-state index is 6.24. The molecular formula is C18H30N6O4. The summed E-state index contributed by atoms with van der Waals surface area (Å²) in [7, 11) is 3.29. The molecule has 2 aromatic rings. The van der Waals surface area contributed by atoms with Crippen molar-refractivity contribution in [2.45, 2.75) is 50.2 Å². The lowest BCUT2D eigenvalue weighted by molar-refractivity contribution is -0.0742. The highest BCUT2D eigenvalue weighted by Crippen LogP contribution is 2.35. The Hall–Kier alpha value is -1.85. The van der Waals surface area contributed by atoms with Crippen LogP contribution < -0.4 is 11.5 Å². The third-order valence-corrected chi connectivity index (χ3v) is 4.96. The molecule has 28 heavy (non-hydrogen) atoms. The first kappa shape index (κ1) is 20.9. The Morgan fingerprint density at radius 1 is 1.11 bits per heavy atom. The van der Waals surface area contributed by atoms with Crippen LogP contribution in [0.1, 0.15) is 31.9 Å². The molecule has 0 spiro atoms. The maximum atomic E-state index is 6.24. The summed E-state index contributed by atoms with van der Waals surface area (Å²) in [5.41, 5.74) is 12.6. The van der Waals surface area contributed by atoms with E-state index in [0.29, 0.717) is 30.2 Å². The van der Waals surface area contributed by atoms with Gasteiger partial charge in [-0.1, -0.05) is 12.8 Å². The number of hydrogen-bond donors (Lipinski definition) is 2. The van der Waals surface area contributed by atoms with Gasteiger partial charge in [-0.05, 0) is 19.4 Å². The smallest absolute Gasteiger partial charge is 0.167 e. The van der Waals surface area contributed by atoms with Gasteiger partial charge in [-0.3, -0.25) is 4.57 Å². The molecule has 0 radical (unpaired) electrons. The zero-order valence-corrected chi connectivity index (χ0v) is 16.5. The minimum atomic E-state index is -0.451. The van der Waals surface area contributed by atoms with Crippen molar-refractivity contribution >= 4 is 17.0 Å². The largest absolute Gasteiger partial charge is 0.382 e. The van der Waals surface area contributed by atoms with Crippen LogP contribution in [0.15, 0.2) is 12.7 Å². The van der Waals surface area contributed by atoms with E-state index in [-0.39, 0.29) is 18.3 Å². The zero-order valence-electron chi connectivity index (χ0n) is 16.5. The van der Waals surface area contributed by atoms with Crippen LogP contribution in [0.5, 0.6) is 0 Å². The molecular weight excluding hydrogens is 364 g/mol. The van der Waals surface area contributed by atoms with Gasteiger partial charge in [-0.2, -0.15) is 0 Å². The van der Waals surface area contributed by atoms with Gasteiger partial charge in [-0.15, -0.1) is 0 Å². The van der Waals surface area contributed by atoms with E-state index in [1.165, 1.54) is 6.33 Å². The first-order valence-corrected chi connectivity index (χ1v) is 9.63. The molecule has 0 bridgehead atoms. The van der Waals surface area contributed by atoms with E-state index in [1.807, 2.05) is 4.57 Å². The highest BCUT2D eigenvalue weighted by atomic mass is 16.6. The number of nitrogen functional groups attached to an aromatic ring is 1. The van der Waals surface area contributed by atoms with Crippen LogP contribution in [0, 0.1) is 0 Å². The van der Waals surface area contributed by atoms with Gasteiger partial charge in [0, 0.05) is 20.8 Å². The molecule has 1 unspecified atom stereocenters. The number of nitrogens with zero attached hydrogens (tertiary/aromatic N) is 4. The van der Waals surface area contributed by atoms with E-state index in [4.69, 9.17) is 30.4 Å². The van der Waals surface area contributed by atoms with Gasteiger partial charge >= 0.3 is 0 Å². The van der Waals surface area contributed by atoms with Crippen molar-refractivity contribution in [2.24, 2.45) is 5.73 Å². The van der Waals surface area contributed by atoms with Gasteiger partial charge in [-0.25, -0.2) is 15.0 Å². The summed E-state index contributed by atoms with van der Waals surface area (Å²) in [5.74, 6) is 0.329. The number of fused-ring (bicyclic) bond motifs is 1. The Morgan fingerprint density at radius 3 is 2.68 bits per heavy atom. The summed E-state index contributed by atoms with van der Waals surface area (Å²) in [5, 5.41) is 0. The van der Waals surface area contributed by atoms with Crippen LogP contribution in [0.25, 0.3) is 11.2 Å². The lowest BCUT2D eigenvalue weighted by Gasteiger charge is -2.24. The molecule has 4 atom stereocenters. The van der Waals surface area contributed by atoms with Gasteiger partial charge in [0.2, 0.25) is 0 Å². The van der Waals surface area contributed by atoms with Gasteiger partial charge in [0.25, 0.3) is 0 Å². The predicted molar refractivity (Wildman–Crippen MR) is 104 cm³/mol. The van der Waals surface area contributed by atoms with Crippen molar-refractivity contribution in [3.8, 4) is 0 Å². The molecule has 1 saturated heterocycles. The average molecular weight is 394 g/mol. The molecule has 2 aromatic heterocycles. The summed E-state index contributed by atoms with van der Waals surface area (Å²) in [6, 6.07) is 0. The number of ether oxygens (including phenoxy) is 4. The highest BCUT2D eigenvalue weighted by molar-refractivity contribution is 5.81. The van der Waals surface area contributed by atoms with E-state index >= 15 is 0 Å². The molecule has 156 valence electrons. The summed E-state index contributed by atoms with van der Waals surface area (Å²) in [4.78, 5) is 12.7. The molecule has 0 aromatic carbocycles. The Labute approximate surface area is 164 Å². The van der Waals surface area contributed by atoms with E-state index in [1.54, 1.807) is 20.5 Å². The first-order valence-electron chi connectivity index (χ1n) is 9.63. The van der Waals surface area contributed by atoms with Gasteiger partial charge in [0.15, 0.2) is 17.7 Å². The second kappa shape index (κ2) is 10.1. The summed E-state index contributed by atoms with van der Waals surface area (Å²) in [6.07, 6.45) is 5.92. The summed E-state index contributed by atoms with van der Waals surface area (Å²) < 4.78 is 25.3. The minimum Gasteiger partial charge on any atom is -0.382 e. The summed E-state index contributed by atoms with van der Waals surface area (Å²) in [6.45, 7) is 1.73. The monoisotopic (exact) mass is 394 g/mol. The van der Waals surface area contributed by atoms with Gasteiger partial charge < -0.3 is 30.4 Å². The van der Waals surface area contributed by atoms with Crippen molar-refractivity contribution < 1.29 is 18.9 Å². The normalized spacial score (nSPS) is 25.0.